The second kappa shape index (κ2) is 8.51. The number of hydrogen-bond donors (Lipinski definition) is 1. The van der Waals surface area contributed by atoms with E-state index in [1.807, 2.05) is 59.8 Å². The summed E-state index contributed by atoms with van der Waals surface area (Å²) >= 11 is 0. The second-order valence-corrected chi connectivity index (χ2v) is 9.27. The van der Waals surface area contributed by atoms with E-state index in [9.17, 15) is 9.00 Å². The van der Waals surface area contributed by atoms with E-state index in [1.165, 1.54) is 0 Å². The first-order valence-electron chi connectivity index (χ1n) is 10.5. The fourth-order valence-electron chi connectivity index (χ4n) is 3.86. The first-order chi connectivity index (χ1) is 15.6. The lowest BCUT2D eigenvalue weighted by atomic mass is 10.0. The molecule has 1 saturated heterocycles. The third-order valence-corrected chi connectivity index (χ3v) is 7.13. The van der Waals surface area contributed by atoms with Gasteiger partial charge in [-0.1, -0.05) is 6.07 Å². The molecule has 1 aliphatic rings. The molecule has 1 fully saturated rings. The van der Waals surface area contributed by atoms with Crippen LogP contribution in [0.4, 0.5) is 11.4 Å². The van der Waals surface area contributed by atoms with E-state index in [0.29, 0.717) is 17.0 Å². The smallest absolute Gasteiger partial charge is 0.255 e. The summed E-state index contributed by atoms with van der Waals surface area (Å²) in [6.07, 6.45) is 4.45. The number of carbonyl (C=O) groups is 1. The van der Waals surface area contributed by atoms with Crippen LogP contribution >= 0.6 is 0 Å². The molecule has 2 aromatic heterocycles. The van der Waals surface area contributed by atoms with Crippen molar-refractivity contribution >= 4 is 39.2 Å². The topological polar surface area (TPSA) is 75.2 Å². The van der Waals surface area contributed by atoms with Gasteiger partial charge in [-0.3, -0.25) is 14.1 Å². The van der Waals surface area contributed by atoms with Crippen molar-refractivity contribution in [1.29, 1.82) is 0 Å². The Bertz CT molecular complexity index is 1340. The summed E-state index contributed by atoms with van der Waals surface area (Å²) in [6.45, 7) is 2.81. The Morgan fingerprint density at radius 2 is 1.91 bits per heavy atom. The molecule has 1 unspecified atom stereocenters. The summed E-state index contributed by atoms with van der Waals surface area (Å²) < 4.78 is 13.9. The number of nitrogens with zero attached hydrogens (tertiary/aromatic N) is 3. The summed E-state index contributed by atoms with van der Waals surface area (Å²) in [5.74, 6) is 0.507. The molecule has 160 valence electrons. The van der Waals surface area contributed by atoms with Crippen LogP contribution in [0.3, 0.4) is 0 Å². The number of amides is 1. The van der Waals surface area contributed by atoms with Gasteiger partial charge in [0.15, 0.2) is 0 Å². The number of benzene rings is 2. The highest BCUT2D eigenvalue weighted by Gasteiger charge is 2.20. The van der Waals surface area contributed by atoms with Gasteiger partial charge in [-0.25, -0.2) is 9.19 Å². The third-order valence-electron chi connectivity index (χ3n) is 5.60. The number of aromatic nitrogens is 2. The van der Waals surface area contributed by atoms with Gasteiger partial charge in [0.1, 0.15) is 11.0 Å². The van der Waals surface area contributed by atoms with E-state index in [4.69, 9.17) is 4.98 Å². The molecule has 0 spiro atoms. The van der Waals surface area contributed by atoms with Gasteiger partial charge >= 0.3 is 0 Å². The van der Waals surface area contributed by atoms with Crippen molar-refractivity contribution in [2.45, 2.75) is 13.3 Å². The maximum Gasteiger partial charge on any atom is 0.255 e. The highest BCUT2D eigenvalue weighted by atomic mass is 32.2. The van der Waals surface area contributed by atoms with Crippen LogP contribution in [0.1, 0.15) is 22.3 Å². The minimum atomic E-state index is -0.969. The number of pyridine rings is 2. The molecule has 0 bridgehead atoms. The van der Waals surface area contributed by atoms with Crippen molar-refractivity contribution in [1.82, 2.24) is 9.97 Å². The number of anilines is 2. The van der Waals surface area contributed by atoms with Crippen LogP contribution in [-0.4, -0.2) is 32.4 Å². The van der Waals surface area contributed by atoms with Gasteiger partial charge in [0, 0.05) is 52.6 Å². The highest BCUT2D eigenvalue weighted by Crippen LogP contribution is 2.27. The van der Waals surface area contributed by atoms with Gasteiger partial charge in [-0.05, 0) is 73.5 Å². The summed E-state index contributed by atoms with van der Waals surface area (Å²) in [7, 11) is -0.969. The molecular formula is C25H22N4O2S. The van der Waals surface area contributed by atoms with Crippen molar-refractivity contribution < 1.29 is 9.00 Å². The average Bonchev–Trinajstić information content (AvgIpc) is 3.26. The zero-order valence-electron chi connectivity index (χ0n) is 17.6. The molecule has 0 saturated carbocycles. The molecule has 6 nitrogen and oxygen atoms in total. The lowest BCUT2D eigenvalue weighted by Gasteiger charge is -2.16. The van der Waals surface area contributed by atoms with Crippen LogP contribution in [0.5, 0.6) is 0 Å². The van der Waals surface area contributed by atoms with E-state index >= 15 is 0 Å². The molecule has 3 heterocycles. The predicted molar refractivity (Wildman–Crippen MR) is 129 cm³/mol. The quantitative estimate of drug-likeness (QED) is 0.496. The standard InChI is InChI=1S/C25H22N4O2S/c1-17-3-7-20(15-22(17)24-10-6-19-16-26-12-11-23(19)28-24)27-25(30)18-4-8-21(9-5-18)29-13-2-14-32(29)31/h3-12,15-16H,2,13-14H2,1H3,(H,27,30). The zero-order valence-corrected chi connectivity index (χ0v) is 18.4. The van der Waals surface area contributed by atoms with Gasteiger partial charge in [-0.2, -0.15) is 0 Å². The van der Waals surface area contributed by atoms with Crippen LogP contribution < -0.4 is 9.62 Å². The monoisotopic (exact) mass is 442 g/mol. The van der Waals surface area contributed by atoms with Crippen LogP contribution in [0, 0.1) is 6.92 Å². The Kier molecular flexibility index (Phi) is 5.41. The Morgan fingerprint density at radius 1 is 1.06 bits per heavy atom. The Balaban J connectivity index is 1.37. The largest absolute Gasteiger partial charge is 0.322 e. The summed E-state index contributed by atoms with van der Waals surface area (Å²) in [6, 6.07) is 18.9. The predicted octanol–water partition coefficient (Wildman–Crippen LogP) is 4.73. The van der Waals surface area contributed by atoms with Gasteiger partial charge in [0.05, 0.1) is 11.2 Å². The third kappa shape index (κ3) is 3.99. The molecule has 5 rings (SSSR count). The van der Waals surface area contributed by atoms with E-state index < -0.39 is 11.0 Å². The van der Waals surface area contributed by atoms with Crippen LogP contribution in [0.15, 0.2) is 73.1 Å². The van der Waals surface area contributed by atoms with Crippen molar-refractivity contribution in [2.75, 3.05) is 21.9 Å². The van der Waals surface area contributed by atoms with E-state index in [2.05, 4.69) is 10.3 Å². The Morgan fingerprint density at radius 3 is 2.69 bits per heavy atom. The fourth-order valence-corrected chi connectivity index (χ4v) is 5.15. The molecule has 2 aromatic carbocycles. The van der Waals surface area contributed by atoms with Crippen LogP contribution in [-0.2, 0) is 11.0 Å². The van der Waals surface area contributed by atoms with E-state index in [-0.39, 0.29) is 5.91 Å². The van der Waals surface area contributed by atoms with Crippen molar-refractivity contribution in [3.05, 3.63) is 84.2 Å². The zero-order chi connectivity index (χ0) is 22.1. The molecule has 1 N–H and O–H groups in total. The van der Waals surface area contributed by atoms with Crippen molar-refractivity contribution in [3.8, 4) is 11.3 Å². The second-order valence-electron chi connectivity index (χ2n) is 7.78. The van der Waals surface area contributed by atoms with Crippen LogP contribution in [0.25, 0.3) is 22.2 Å². The van der Waals surface area contributed by atoms with Gasteiger partial charge in [-0.15, -0.1) is 0 Å². The SMILES string of the molecule is Cc1ccc(NC(=O)c2ccc(N3CCCS3=O)cc2)cc1-c1ccc2cnccc2n1. The minimum Gasteiger partial charge on any atom is -0.322 e. The Hall–Kier alpha value is -3.58. The first kappa shape index (κ1) is 20.3. The minimum absolute atomic E-state index is 0.188. The van der Waals surface area contributed by atoms with Crippen molar-refractivity contribution in [2.24, 2.45) is 0 Å². The van der Waals surface area contributed by atoms with Gasteiger partial charge in [0.25, 0.3) is 5.91 Å². The van der Waals surface area contributed by atoms with E-state index in [0.717, 1.165) is 46.4 Å². The number of aryl methyl sites for hydroxylation is 1. The Labute approximate surface area is 188 Å². The van der Waals surface area contributed by atoms with Gasteiger partial charge < -0.3 is 5.32 Å². The molecule has 0 aliphatic carbocycles. The molecule has 32 heavy (non-hydrogen) atoms. The number of rotatable bonds is 4. The van der Waals surface area contributed by atoms with Gasteiger partial charge in [0.2, 0.25) is 0 Å². The van der Waals surface area contributed by atoms with Crippen molar-refractivity contribution in [3.63, 3.8) is 0 Å². The van der Waals surface area contributed by atoms with E-state index in [1.54, 1.807) is 24.5 Å². The summed E-state index contributed by atoms with van der Waals surface area (Å²) in [5.41, 5.74) is 5.91. The lowest BCUT2D eigenvalue weighted by molar-refractivity contribution is 0.102. The van der Waals surface area contributed by atoms with Crippen LogP contribution in [0.2, 0.25) is 0 Å². The maximum atomic E-state index is 12.8. The average molecular weight is 443 g/mol. The highest BCUT2D eigenvalue weighted by molar-refractivity contribution is 7.86. The molecule has 1 atom stereocenters. The normalized spacial score (nSPS) is 15.8. The number of nitrogens with one attached hydrogen (secondary N) is 1. The number of carbonyl (C=O) groups excluding carboxylic acids is 1. The number of fused-ring (bicyclic) bond motifs is 1. The molecule has 4 aromatic rings. The maximum absolute atomic E-state index is 12.8. The lowest BCUT2D eigenvalue weighted by Crippen LogP contribution is -2.19. The molecule has 1 aliphatic heterocycles. The molecule has 0 radical (unpaired) electrons. The summed E-state index contributed by atoms with van der Waals surface area (Å²) in [4.78, 5) is 21.7. The molecule has 1 amide bonds. The summed E-state index contributed by atoms with van der Waals surface area (Å²) in [5, 5.41) is 3.97. The molecular weight excluding hydrogens is 420 g/mol. The molecule has 7 heteroatoms. The fraction of sp³-hybridized carbons (Fsp3) is 0.160. The first-order valence-corrected chi connectivity index (χ1v) is 11.8. The number of hydrogen-bond acceptors (Lipinski definition) is 4.